The Morgan fingerprint density at radius 3 is 1.94 bits per heavy atom. The van der Waals surface area contributed by atoms with Gasteiger partial charge >= 0.3 is 0 Å². The Morgan fingerprint density at radius 1 is 1.06 bits per heavy atom. The van der Waals surface area contributed by atoms with Crippen LogP contribution in [0.2, 0.25) is 0 Å². The molecular weight excluding hydrogens is 222 g/mol. The van der Waals surface area contributed by atoms with E-state index in [2.05, 4.69) is 20.8 Å². The number of aromatic hydroxyl groups is 1. The molecule has 0 radical (unpaired) electrons. The van der Waals surface area contributed by atoms with Crippen LogP contribution in [0.25, 0.3) is 0 Å². The molecular formula is C13H22ClNO. The minimum atomic E-state index is -0.509. The van der Waals surface area contributed by atoms with Crippen molar-refractivity contribution in [3.8, 4) is 5.75 Å². The molecule has 0 bridgehead atoms. The van der Waals surface area contributed by atoms with E-state index in [-0.39, 0.29) is 23.6 Å². The van der Waals surface area contributed by atoms with E-state index in [4.69, 9.17) is 5.73 Å². The van der Waals surface area contributed by atoms with E-state index in [1.165, 1.54) is 5.56 Å². The molecule has 1 aromatic rings. The van der Waals surface area contributed by atoms with Crippen LogP contribution in [0.1, 0.15) is 45.7 Å². The fourth-order valence-electron chi connectivity index (χ4n) is 1.52. The zero-order chi connectivity index (χ0) is 11.9. The van der Waals surface area contributed by atoms with Crippen LogP contribution >= 0.6 is 12.4 Å². The Kier molecular flexibility index (Phi) is 4.43. The van der Waals surface area contributed by atoms with Gasteiger partial charge in [0.1, 0.15) is 5.75 Å². The first-order valence-corrected chi connectivity index (χ1v) is 5.25. The maximum absolute atomic E-state index is 9.76. The van der Waals surface area contributed by atoms with Crippen molar-refractivity contribution in [2.45, 2.75) is 45.6 Å². The van der Waals surface area contributed by atoms with Gasteiger partial charge < -0.3 is 10.8 Å². The minimum Gasteiger partial charge on any atom is -0.508 e. The summed E-state index contributed by atoms with van der Waals surface area (Å²) >= 11 is 0. The second-order valence-corrected chi connectivity index (χ2v) is 5.70. The number of nitrogens with two attached hydrogens (primary N) is 1. The maximum Gasteiger partial charge on any atom is 0.120 e. The molecule has 0 spiro atoms. The first kappa shape index (κ1) is 15.3. The van der Waals surface area contributed by atoms with Gasteiger partial charge in [-0.1, -0.05) is 26.8 Å². The third-order valence-electron chi connectivity index (χ3n) is 2.56. The van der Waals surface area contributed by atoms with Gasteiger partial charge in [0.2, 0.25) is 0 Å². The topological polar surface area (TPSA) is 46.2 Å². The van der Waals surface area contributed by atoms with Gasteiger partial charge in [-0.2, -0.15) is 0 Å². The summed E-state index contributed by atoms with van der Waals surface area (Å²) in [5, 5.41) is 9.76. The molecule has 16 heavy (non-hydrogen) atoms. The molecule has 1 rings (SSSR count). The number of hydrogen-bond acceptors (Lipinski definition) is 2. The molecule has 0 unspecified atom stereocenters. The molecule has 0 aliphatic rings. The van der Waals surface area contributed by atoms with Gasteiger partial charge in [0.15, 0.2) is 0 Å². The quantitative estimate of drug-likeness (QED) is 0.795. The van der Waals surface area contributed by atoms with Crippen molar-refractivity contribution < 1.29 is 5.11 Å². The molecule has 0 saturated heterocycles. The molecule has 0 aliphatic carbocycles. The van der Waals surface area contributed by atoms with Crippen LogP contribution in [0.5, 0.6) is 5.75 Å². The summed E-state index contributed by atoms with van der Waals surface area (Å²) < 4.78 is 0. The number of rotatable bonds is 1. The standard InChI is InChI=1S/C13H21NO.ClH/c1-12(2,3)9-6-7-11(15)10(8-9)13(4,5)14;/h6-8,15H,14H2,1-5H3;1H. The van der Waals surface area contributed by atoms with E-state index in [9.17, 15) is 5.11 Å². The molecule has 0 fully saturated rings. The van der Waals surface area contributed by atoms with Gasteiger partial charge in [0, 0.05) is 11.1 Å². The predicted octanol–water partition coefficient (Wildman–Crippen LogP) is 3.31. The van der Waals surface area contributed by atoms with E-state index < -0.39 is 5.54 Å². The highest BCUT2D eigenvalue weighted by Crippen LogP contribution is 2.32. The van der Waals surface area contributed by atoms with Crippen molar-refractivity contribution in [1.82, 2.24) is 0 Å². The molecule has 0 aliphatic heterocycles. The summed E-state index contributed by atoms with van der Waals surface area (Å²) in [6, 6.07) is 5.67. The lowest BCUT2D eigenvalue weighted by molar-refractivity contribution is 0.438. The summed E-state index contributed by atoms with van der Waals surface area (Å²) in [4.78, 5) is 0. The highest BCUT2D eigenvalue weighted by molar-refractivity contribution is 5.85. The van der Waals surface area contributed by atoms with Crippen molar-refractivity contribution in [2.75, 3.05) is 0 Å². The average molecular weight is 244 g/mol. The summed E-state index contributed by atoms with van der Waals surface area (Å²) in [5.74, 6) is 0.274. The molecule has 0 saturated carbocycles. The highest BCUT2D eigenvalue weighted by atomic mass is 35.5. The van der Waals surface area contributed by atoms with E-state index in [1.807, 2.05) is 26.0 Å². The number of phenolic OH excluding ortho intramolecular Hbond substituents is 1. The minimum absolute atomic E-state index is 0. The number of hydrogen-bond donors (Lipinski definition) is 2. The van der Waals surface area contributed by atoms with Crippen molar-refractivity contribution in [3.05, 3.63) is 29.3 Å². The van der Waals surface area contributed by atoms with Crippen LogP contribution in [0.3, 0.4) is 0 Å². The Morgan fingerprint density at radius 2 is 1.56 bits per heavy atom. The van der Waals surface area contributed by atoms with Gasteiger partial charge in [-0.15, -0.1) is 12.4 Å². The second-order valence-electron chi connectivity index (χ2n) is 5.70. The van der Waals surface area contributed by atoms with Crippen LogP contribution in [0.4, 0.5) is 0 Å². The second kappa shape index (κ2) is 4.64. The highest BCUT2D eigenvalue weighted by Gasteiger charge is 2.22. The normalized spacial score (nSPS) is 12.1. The smallest absolute Gasteiger partial charge is 0.120 e. The molecule has 3 N–H and O–H groups in total. The van der Waals surface area contributed by atoms with Crippen LogP contribution in [0.15, 0.2) is 18.2 Å². The van der Waals surface area contributed by atoms with E-state index in [0.29, 0.717) is 0 Å². The monoisotopic (exact) mass is 243 g/mol. The Bertz CT molecular complexity index is 361. The van der Waals surface area contributed by atoms with Gasteiger partial charge in [-0.3, -0.25) is 0 Å². The van der Waals surface area contributed by atoms with E-state index in [0.717, 1.165) is 5.56 Å². The van der Waals surface area contributed by atoms with Crippen molar-refractivity contribution in [2.24, 2.45) is 5.73 Å². The molecule has 0 atom stereocenters. The molecule has 0 amide bonds. The SMILES string of the molecule is CC(C)(C)c1ccc(O)c(C(C)(C)N)c1.Cl. The van der Waals surface area contributed by atoms with Gasteiger partial charge in [0.25, 0.3) is 0 Å². The Balaban J connectivity index is 0.00000225. The van der Waals surface area contributed by atoms with Crippen LogP contribution in [-0.4, -0.2) is 5.11 Å². The predicted molar refractivity (Wildman–Crippen MR) is 71.3 cm³/mol. The third kappa shape index (κ3) is 3.39. The molecule has 2 nitrogen and oxygen atoms in total. The molecule has 1 aromatic carbocycles. The number of phenols is 1. The number of benzene rings is 1. The van der Waals surface area contributed by atoms with E-state index >= 15 is 0 Å². The fourth-order valence-corrected chi connectivity index (χ4v) is 1.52. The van der Waals surface area contributed by atoms with E-state index in [1.54, 1.807) is 6.07 Å². The average Bonchev–Trinajstić information content (AvgIpc) is 2.00. The number of halogens is 1. The van der Waals surface area contributed by atoms with Crippen molar-refractivity contribution >= 4 is 12.4 Å². The Labute approximate surface area is 104 Å². The summed E-state index contributed by atoms with van der Waals surface area (Å²) in [6.07, 6.45) is 0. The fraction of sp³-hybridized carbons (Fsp3) is 0.538. The molecule has 0 heterocycles. The van der Waals surface area contributed by atoms with Crippen molar-refractivity contribution in [3.63, 3.8) is 0 Å². The summed E-state index contributed by atoms with van der Waals surface area (Å²) in [7, 11) is 0. The zero-order valence-corrected chi connectivity index (χ0v) is 11.5. The lowest BCUT2D eigenvalue weighted by Crippen LogP contribution is -2.29. The molecule has 0 aromatic heterocycles. The maximum atomic E-state index is 9.76. The lowest BCUT2D eigenvalue weighted by Gasteiger charge is -2.25. The van der Waals surface area contributed by atoms with Gasteiger partial charge in [0.05, 0.1) is 0 Å². The summed E-state index contributed by atoms with van der Waals surface area (Å²) in [6.45, 7) is 10.2. The first-order chi connectivity index (χ1) is 6.62. The largest absolute Gasteiger partial charge is 0.508 e. The summed E-state index contributed by atoms with van der Waals surface area (Å²) in [5.41, 5.74) is 7.57. The Hall–Kier alpha value is -0.730. The van der Waals surface area contributed by atoms with Crippen LogP contribution in [-0.2, 0) is 11.0 Å². The first-order valence-electron chi connectivity index (χ1n) is 5.25. The van der Waals surface area contributed by atoms with Gasteiger partial charge in [-0.05, 0) is 37.0 Å². The van der Waals surface area contributed by atoms with Crippen molar-refractivity contribution in [1.29, 1.82) is 0 Å². The third-order valence-corrected chi connectivity index (χ3v) is 2.56. The van der Waals surface area contributed by atoms with Crippen LogP contribution < -0.4 is 5.73 Å². The van der Waals surface area contributed by atoms with Crippen LogP contribution in [0, 0.1) is 0 Å². The molecule has 3 heteroatoms. The molecule has 92 valence electrons. The zero-order valence-electron chi connectivity index (χ0n) is 10.7. The lowest BCUT2D eigenvalue weighted by atomic mass is 9.83. The van der Waals surface area contributed by atoms with Gasteiger partial charge in [-0.25, -0.2) is 0 Å².